The number of nitrogens with zero attached hydrogens (tertiary/aromatic N) is 3. The summed E-state index contributed by atoms with van der Waals surface area (Å²) < 4.78 is 2.32. The van der Waals surface area contributed by atoms with Crippen molar-refractivity contribution in [2.45, 2.75) is 39.3 Å². The van der Waals surface area contributed by atoms with E-state index < -0.39 is 0 Å². The molecule has 0 saturated heterocycles. The highest BCUT2D eigenvalue weighted by atomic mass is 15.2. The van der Waals surface area contributed by atoms with Gasteiger partial charge in [0.2, 0.25) is 0 Å². The molecule has 0 unspecified atom stereocenters. The van der Waals surface area contributed by atoms with E-state index in [0.29, 0.717) is 12.0 Å². The van der Waals surface area contributed by atoms with Crippen LogP contribution in [0, 0.1) is 5.92 Å². The predicted molar refractivity (Wildman–Crippen MR) is 72.3 cm³/mol. The van der Waals surface area contributed by atoms with Crippen molar-refractivity contribution in [3.8, 4) is 0 Å². The molecule has 1 N–H and O–H groups in total. The first-order valence-corrected chi connectivity index (χ1v) is 6.78. The average molecular weight is 244 g/mol. The zero-order valence-corrected chi connectivity index (χ0v) is 11.1. The SMILES string of the molecule is CC(C)CNCc1nc2cccnc2n1C1CC1. The Morgan fingerprint density at radius 1 is 1.44 bits per heavy atom. The second-order valence-electron chi connectivity index (χ2n) is 5.50. The predicted octanol–water partition coefficient (Wildman–Crippen LogP) is 2.51. The Balaban J connectivity index is 1.88. The van der Waals surface area contributed by atoms with Crippen LogP contribution in [0.4, 0.5) is 0 Å². The van der Waals surface area contributed by atoms with Crippen LogP contribution in [-0.2, 0) is 6.54 Å². The van der Waals surface area contributed by atoms with Crippen LogP contribution in [-0.4, -0.2) is 21.1 Å². The molecule has 0 amide bonds. The third-order valence-corrected chi connectivity index (χ3v) is 3.27. The number of imidazole rings is 1. The summed E-state index contributed by atoms with van der Waals surface area (Å²) in [6, 6.07) is 4.63. The van der Waals surface area contributed by atoms with Gasteiger partial charge in [-0.1, -0.05) is 13.8 Å². The first kappa shape index (κ1) is 11.7. The van der Waals surface area contributed by atoms with Crippen LogP contribution >= 0.6 is 0 Å². The Kier molecular flexibility index (Phi) is 3.04. The number of hydrogen-bond acceptors (Lipinski definition) is 3. The molecule has 2 aromatic rings. The van der Waals surface area contributed by atoms with E-state index >= 15 is 0 Å². The molecule has 4 heteroatoms. The minimum absolute atomic E-state index is 0.626. The second kappa shape index (κ2) is 4.69. The molecule has 1 saturated carbocycles. The molecule has 4 nitrogen and oxygen atoms in total. The molecular formula is C14H20N4. The molecule has 1 fully saturated rings. The van der Waals surface area contributed by atoms with E-state index in [4.69, 9.17) is 4.98 Å². The van der Waals surface area contributed by atoms with E-state index in [-0.39, 0.29) is 0 Å². The van der Waals surface area contributed by atoms with Gasteiger partial charge in [-0.15, -0.1) is 0 Å². The maximum absolute atomic E-state index is 4.71. The lowest BCUT2D eigenvalue weighted by atomic mass is 10.2. The molecule has 96 valence electrons. The van der Waals surface area contributed by atoms with Gasteiger partial charge in [0, 0.05) is 12.2 Å². The summed E-state index contributed by atoms with van der Waals surface area (Å²) >= 11 is 0. The van der Waals surface area contributed by atoms with Crippen LogP contribution in [0.3, 0.4) is 0 Å². The molecular weight excluding hydrogens is 224 g/mol. The molecule has 0 aliphatic heterocycles. The molecule has 2 aromatic heterocycles. The Bertz CT molecular complexity index is 540. The Hall–Kier alpha value is -1.42. The Morgan fingerprint density at radius 2 is 2.28 bits per heavy atom. The van der Waals surface area contributed by atoms with Gasteiger partial charge in [-0.3, -0.25) is 0 Å². The summed E-state index contributed by atoms with van der Waals surface area (Å²) in [4.78, 5) is 9.19. The highest BCUT2D eigenvalue weighted by Gasteiger charge is 2.28. The minimum Gasteiger partial charge on any atom is -0.310 e. The summed E-state index contributed by atoms with van der Waals surface area (Å²) in [6.07, 6.45) is 4.38. The van der Waals surface area contributed by atoms with Crippen molar-refractivity contribution in [1.29, 1.82) is 0 Å². The molecule has 0 bridgehead atoms. The first-order valence-electron chi connectivity index (χ1n) is 6.78. The summed E-state index contributed by atoms with van der Waals surface area (Å²) in [7, 11) is 0. The van der Waals surface area contributed by atoms with Gasteiger partial charge in [0.15, 0.2) is 5.65 Å². The highest BCUT2D eigenvalue weighted by Crippen LogP contribution is 2.38. The number of pyridine rings is 1. The van der Waals surface area contributed by atoms with E-state index in [1.807, 2.05) is 18.3 Å². The zero-order chi connectivity index (χ0) is 12.5. The van der Waals surface area contributed by atoms with Gasteiger partial charge in [-0.05, 0) is 37.4 Å². The molecule has 0 atom stereocenters. The lowest BCUT2D eigenvalue weighted by molar-refractivity contribution is 0.531. The molecule has 3 rings (SSSR count). The van der Waals surface area contributed by atoms with Crippen molar-refractivity contribution < 1.29 is 0 Å². The Morgan fingerprint density at radius 3 is 3.00 bits per heavy atom. The van der Waals surface area contributed by atoms with E-state index in [0.717, 1.165) is 30.1 Å². The molecule has 0 spiro atoms. The van der Waals surface area contributed by atoms with Crippen LogP contribution in [0.1, 0.15) is 38.6 Å². The van der Waals surface area contributed by atoms with Crippen LogP contribution in [0.25, 0.3) is 11.2 Å². The van der Waals surface area contributed by atoms with E-state index in [2.05, 4.69) is 28.7 Å². The maximum Gasteiger partial charge on any atom is 0.160 e. The second-order valence-corrected chi connectivity index (χ2v) is 5.50. The summed E-state index contributed by atoms with van der Waals surface area (Å²) in [5, 5.41) is 3.47. The Labute approximate surface area is 107 Å². The van der Waals surface area contributed by atoms with Gasteiger partial charge >= 0.3 is 0 Å². The van der Waals surface area contributed by atoms with Gasteiger partial charge < -0.3 is 9.88 Å². The first-order chi connectivity index (χ1) is 8.75. The quantitative estimate of drug-likeness (QED) is 0.878. The summed E-state index contributed by atoms with van der Waals surface area (Å²) in [6.45, 7) is 6.31. The van der Waals surface area contributed by atoms with Crippen molar-refractivity contribution in [2.75, 3.05) is 6.54 Å². The molecule has 18 heavy (non-hydrogen) atoms. The molecule has 0 aromatic carbocycles. The monoisotopic (exact) mass is 244 g/mol. The van der Waals surface area contributed by atoms with Gasteiger partial charge in [0.25, 0.3) is 0 Å². The van der Waals surface area contributed by atoms with Crippen LogP contribution in [0.15, 0.2) is 18.3 Å². The van der Waals surface area contributed by atoms with Crippen molar-refractivity contribution in [3.05, 3.63) is 24.2 Å². The number of nitrogens with one attached hydrogen (secondary N) is 1. The van der Waals surface area contributed by atoms with Crippen LogP contribution < -0.4 is 5.32 Å². The van der Waals surface area contributed by atoms with E-state index in [1.165, 1.54) is 12.8 Å². The fourth-order valence-electron chi connectivity index (χ4n) is 2.29. The van der Waals surface area contributed by atoms with E-state index in [1.54, 1.807) is 0 Å². The average Bonchev–Trinajstić information content (AvgIpc) is 3.10. The molecule has 0 radical (unpaired) electrons. The van der Waals surface area contributed by atoms with Gasteiger partial charge in [0.1, 0.15) is 11.3 Å². The van der Waals surface area contributed by atoms with Crippen molar-refractivity contribution in [1.82, 2.24) is 19.9 Å². The number of aromatic nitrogens is 3. The lowest BCUT2D eigenvalue weighted by Crippen LogP contribution is -2.21. The molecule has 1 aliphatic rings. The minimum atomic E-state index is 0.626. The van der Waals surface area contributed by atoms with Gasteiger partial charge in [0.05, 0.1) is 6.54 Å². The van der Waals surface area contributed by atoms with Crippen molar-refractivity contribution in [2.24, 2.45) is 5.92 Å². The summed E-state index contributed by atoms with van der Waals surface area (Å²) in [5.41, 5.74) is 2.06. The third kappa shape index (κ3) is 2.25. The molecule has 2 heterocycles. The number of hydrogen-bond donors (Lipinski definition) is 1. The fraction of sp³-hybridized carbons (Fsp3) is 0.571. The standard InChI is InChI=1S/C14H20N4/c1-10(2)8-15-9-13-17-12-4-3-7-16-14(12)18(13)11-5-6-11/h3-4,7,10-11,15H,5-6,8-9H2,1-2H3. The fourth-order valence-corrected chi connectivity index (χ4v) is 2.29. The maximum atomic E-state index is 4.71. The number of fused-ring (bicyclic) bond motifs is 1. The van der Waals surface area contributed by atoms with Crippen molar-refractivity contribution in [3.63, 3.8) is 0 Å². The van der Waals surface area contributed by atoms with Gasteiger partial charge in [-0.25, -0.2) is 9.97 Å². The zero-order valence-electron chi connectivity index (χ0n) is 11.1. The third-order valence-electron chi connectivity index (χ3n) is 3.27. The smallest absolute Gasteiger partial charge is 0.160 e. The van der Waals surface area contributed by atoms with Crippen LogP contribution in [0.2, 0.25) is 0 Å². The lowest BCUT2D eigenvalue weighted by Gasteiger charge is -2.09. The van der Waals surface area contributed by atoms with Gasteiger partial charge in [-0.2, -0.15) is 0 Å². The van der Waals surface area contributed by atoms with Crippen LogP contribution in [0.5, 0.6) is 0 Å². The molecule has 1 aliphatic carbocycles. The van der Waals surface area contributed by atoms with E-state index in [9.17, 15) is 0 Å². The normalized spacial score (nSPS) is 15.7. The largest absolute Gasteiger partial charge is 0.310 e. The number of rotatable bonds is 5. The topological polar surface area (TPSA) is 42.7 Å². The summed E-state index contributed by atoms with van der Waals surface area (Å²) in [5.74, 6) is 1.80. The van der Waals surface area contributed by atoms with Crippen molar-refractivity contribution >= 4 is 11.2 Å². The highest BCUT2D eigenvalue weighted by molar-refractivity contribution is 5.71.